The normalized spacial score (nSPS) is 10.9. The second-order valence-electron chi connectivity index (χ2n) is 5.58. The molecule has 21 heavy (non-hydrogen) atoms. The molecule has 2 nitrogen and oxygen atoms in total. The van der Waals surface area contributed by atoms with Crippen molar-refractivity contribution in [2.45, 2.75) is 47.0 Å². The molecule has 0 spiro atoms. The van der Waals surface area contributed by atoms with Gasteiger partial charge in [-0.05, 0) is 78.6 Å². The zero-order valence-electron chi connectivity index (χ0n) is 13.3. The first-order chi connectivity index (χ1) is 9.99. The summed E-state index contributed by atoms with van der Waals surface area (Å²) in [5.41, 5.74) is 6.87. The van der Waals surface area contributed by atoms with E-state index in [-0.39, 0.29) is 0 Å². The highest BCUT2D eigenvalue weighted by Crippen LogP contribution is 2.29. The van der Waals surface area contributed by atoms with E-state index in [9.17, 15) is 10.2 Å². The van der Waals surface area contributed by atoms with E-state index < -0.39 is 0 Å². The van der Waals surface area contributed by atoms with Gasteiger partial charge in [-0.25, -0.2) is 0 Å². The lowest BCUT2D eigenvalue weighted by molar-refractivity contribution is 0.468. The average Bonchev–Trinajstić information content (AvgIpc) is 2.45. The predicted octanol–water partition coefficient (Wildman–Crippen LogP) is 4.43. The Kier molecular flexibility index (Phi) is 4.56. The molecule has 2 aromatic rings. The molecule has 0 fully saturated rings. The summed E-state index contributed by atoms with van der Waals surface area (Å²) < 4.78 is 0. The minimum absolute atomic E-state index is 0.385. The van der Waals surface area contributed by atoms with Crippen LogP contribution in [0.1, 0.15) is 47.2 Å². The van der Waals surface area contributed by atoms with Gasteiger partial charge in [-0.3, -0.25) is 0 Å². The maximum Gasteiger partial charge on any atom is 0.119 e. The molecule has 0 unspecified atom stereocenters. The molecule has 0 aliphatic heterocycles. The summed E-state index contributed by atoms with van der Waals surface area (Å²) in [4.78, 5) is 0. The van der Waals surface area contributed by atoms with Gasteiger partial charge in [0.1, 0.15) is 11.5 Å². The average molecular weight is 284 g/mol. The summed E-state index contributed by atoms with van der Waals surface area (Å²) in [6.45, 7) is 8.27. The van der Waals surface area contributed by atoms with Crippen LogP contribution < -0.4 is 0 Å². The van der Waals surface area contributed by atoms with Crippen LogP contribution in [0.3, 0.4) is 0 Å². The molecule has 2 aromatic carbocycles. The van der Waals surface area contributed by atoms with Gasteiger partial charge in [0, 0.05) is 0 Å². The second-order valence-corrected chi connectivity index (χ2v) is 5.58. The molecule has 2 N–H and O–H groups in total. The van der Waals surface area contributed by atoms with Gasteiger partial charge in [-0.1, -0.05) is 26.0 Å². The standard InChI is InChI=1S/C19H24O2/c1-5-16-12(3)14(7-9-18(16)20)11-15-8-10-19(21)17(6-2)13(15)4/h7-10,20-21H,5-6,11H2,1-4H3. The minimum Gasteiger partial charge on any atom is -0.508 e. The molecule has 0 amide bonds. The molecule has 0 aromatic heterocycles. The fourth-order valence-corrected chi connectivity index (χ4v) is 3.06. The van der Waals surface area contributed by atoms with E-state index in [0.29, 0.717) is 11.5 Å². The lowest BCUT2D eigenvalue weighted by atomic mass is 9.91. The van der Waals surface area contributed by atoms with Crippen LogP contribution >= 0.6 is 0 Å². The number of aromatic hydroxyl groups is 2. The highest BCUT2D eigenvalue weighted by atomic mass is 16.3. The molecular weight excluding hydrogens is 260 g/mol. The van der Waals surface area contributed by atoms with Gasteiger partial charge in [0.2, 0.25) is 0 Å². The maximum absolute atomic E-state index is 9.92. The van der Waals surface area contributed by atoms with Crippen LogP contribution in [0.25, 0.3) is 0 Å². The Labute approximate surface area is 127 Å². The van der Waals surface area contributed by atoms with Crippen LogP contribution in [0.2, 0.25) is 0 Å². The molecule has 0 aliphatic carbocycles. The first-order valence-corrected chi connectivity index (χ1v) is 7.60. The number of hydrogen-bond donors (Lipinski definition) is 2. The number of benzene rings is 2. The van der Waals surface area contributed by atoms with Gasteiger partial charge >= 0.3 is 0 Å². The van der Waals surface area contributed by atoms with Crippen molar-refractivity contribution in [3.8, 4) is 11.5 Å². The molecule has 2 heteroatoms. The largest absolute Gasteiger partial charge is 0.508 e. The Morgan fingerprint density at radius 1 is 0.714 bits per heavy atom. The van der Waals surface area contributed by atoms with Crippen LogP contribution in [-0.4, -0.2) is 10.2 Å². The van der Waals surface area contributed by atoms with Crippen molar-refractivity contribution >= 4 is 0 Å². The van der Waals surface area contributed by atoms with E-state index in [1.165, 1.54) is 22.3 Å². The van der Waals surface area contributed by atoms with Crippen molar-refractivity contribution < 1.29 is 10.2 Å². The van der Waals surface area contributed by atoms with Gasteiger partial charge in [0.05, 0.1) is 0 Å². The smallest absolute Gasteiger partial charge is 0.119 e. The predicted molar refractivity (Wildman–Crippen MR) is 87.2 cm³/mol. The third-order valence-electron chi connectivity index (χ3n) is 4.46. The monoisotopic (exact) mass is 284 g/mol. The highest BCUT2D eigenvalue weighted by molar-refractivity contribution is 5.49. The Morgan fingerprint density at radius 3 is 1.43 bits per heavy atom. The van der Waals surface area contributed by atoms with E-state index in [4.69, 9.17) is 0 Å². The van der Waals surface area contributed by atoms with Gasteiger partial charge in [-0.2, -0.15) is 0 Å². The molecule has 0 heterocycles. The third kappa shape index (κ3) is 2.90. The molecule has 0 saturated carbocycles. The van der Waals surface area contributed by atoms with Crippen molar-refractivity contribution in [1.82, 2.24) is 0 Å². The fourth-order valence-electron chi connectivity index (χ4n) is 3.06. The Morgan fingerprint density at radius 2 is 1.10 bits per heavy atom. The quantitative estimate of drug-likeness (QED) is 0.872. The fraction of sp³-hybridized carbons (Fsp3) is 0.368. The van der Waals surface area contributed by atoms with Crippen molar-refractivity contribution in [2.75, 3.05) is 0 Å². The lowest BCUT2D eigenvalue weighted by Crippen LogP contribution is -2.00. The topological polar surface area (TPSA) is 40.5 Å². The van der Waals surface area contributed by atoms with E-state index in [0.717, 1.165) is 30.4 Å². The Hall–Kier alpha value is -1.96. The van der Waals surface area contributed by atoms with E-state index in [1.807, 2.05) is 12.1 Å². The molecule has 0 bridgehead atoms. The molecule has 0 aliphatic rings. The van der Waals surface area contributed by atoms with Gasteiger partial charge in [0.15, 0.2) is 0 Å². The number of hydrogen-bond acceptors (Lipinski definition) is 2. The Bertz CT molecular complexity index is 600. The maximum atomic E-state index is 9.92. The first-order valence-electron chi connectivity index (χ1n) is 7.60. The molecule has 0 saturated heterocycles. The zero-order valence-corrected chi connectivity index (χ0v) is 13.3. The SMILES string of the molecule is CCc1c(O)ccc(Cc2ccc(O)c(CC)c2C)c1C. The van der Waals surface area contributed by atoms with Gasteiger partial charge in [-0.15, -0.1) is 0 Å². The third-order valence-corrected chi connectivity index (χ3v) is 4.46. The number of rotatable bonds is 4. The van der Waals surface area contributed by atoms with E-state index in [2.05, 4.69) is 27.7 Å². The summed E-state index contributed by atoms with van der Waals surface area (Å²) >= 11 is 0. The van der Waals surface area contributed by atoms with Gasteiger partial charge < -0.3 is 10.2 Å². The highest BCUT2D eigenvalue weighted by Gasteiger charge is 2.12. The summed E-state index contributed by atoms with van der Waals surface area (Å²) in [5.74, 6) is 0.769. The first kappa shape index (κ1) is 15.4. The van der Waals surface area contributed by atoms with E-state index in [1.54, 1.807) is 12.1 Å². The number of phenols is 2. The van der Waals surface area contributed by atoms with Crippen molar-refractivity contribution in [3.05, 3.63) is 57.6 Å². The van der Waals surface area contributed by atoms with Crippen LogP contribution in [0.4, 0.5) is 0 Å². The van der Waals surface area contributed by atoms with Crippen LogP contribution in [0, 0.1) is 13.8 Å². The lowest BCUT2D eigenvalue weighted by Gasteiger charge is -2.15. The zero-order chi connectivity index (χ0) is 15.6. The van der Waals surface area contributed by atoms with Crippen molar-refractivity contribution in [2.24, 2.45) is 0 Å². The summed E-state index contributed by atoms with van der Waals surface area (Å²) in [7, 11) is 0. The molecule has 0 radical (unpaired) electrons. The van der Waals surface area contributed by atoms with Crippen molar-refractivity contribution in [1.29, 1.82) is 0 Å². The van der Waals surface area contributed by atoms with Crippen LogP contribution in [0.5, 0.6) is 11.5 Å². The van der Waals surface area contributed by atoms with Crippen molar-refractivity contribution in [3.63, 3.8) is 0 Å². The van der Waals surface area contributed by atoms with Crippen LogP contribution in [0.15, 0.2) is 24.3 Å². The molecule has 112 valence electrons. The summed E-state index contributed by atoms with van der Waals surface area (Å²) in [6, 6.07) is 7.58. The molecule has 0 atom stereocenters. The van der Waals surface area contributed by atoms with Crippen LogP contribution in [-0.2, 0) is 19.3 Å². The van der Waals surface area contributed by atoms with Gasteiger partial charge in [0.25, 0.3) is 0 Å². The summed E-state index contributed by atoms with van der Waals surface area (Å²) in [6.07, 6.45) is 2.50. The second kappa shape index (κ2) is 6.21. The minimum atomic E-state index is 0.385. The summed E-state index contributed by atoms with van der Waals surface area (Å²) in [5, 5.41) is 19.8. The molecular formula is C19H24O2. The Balaban J connectivity index is 2.44. The molecule has 2 rings (SSSR count). The number of phenolic OH excluding ortho intramolecular Hbond substituents is 2. The van der Waals surface area contributed by atoms with E-state index >= 15 is 0 Å².